The van der Waals surface area contributed by atoms with Gasteiger partial charge in [0.2, 0.25) is 11.7 Å². The van der Waals surface area contributed by atoms with Gasteiger partial charge >= 0.3 is 0 Å². The van der Waals surface area contributed by atoms with Gasteiger partial charge in [-0.15, -0.1) is 11.3 Å². The third kappa shape index (κ3) is 4.14. The fraction of sp³-hybridized carbons (Fsp3) is 0.294. The van der Waals surface area contributed by atoms with Gasteiger partial charge in [0.05, 0.1) is 4.88 Å². The lowest BCUT2D eigenvalue weighted by Crippen LogP contribution is -2.00. The zero-order valence-corrected chi connectivity index (χ0v) is 14.7. The van der Waals surface area contributed by atoms with Crippen LogP contribution in [0.3, 0.4) is 0 Å². The molecule has 0 aliphatic carbocycles. The van der Waals surface area contributed by atoms with Crippen molar-refractivity contribution in [3.05, 3.63) is 58.8 Å². The van der Waals surface area contributed by atoms with Crippen LogP contribution in [0.1, 0.15) is 36.8 Å². The monoisotopic (exact) mass is 346 g/mol. The minimum absolute atomic E-state index is 0.282. The molecule has 4 nitrogen and oxygen atoms in total. The molecule has 0 saturated carbocycles. The summed E-state index contributed by atoms with van der Waals surface area (Å²) < 4.78 is 17.5. The highest BCUT2D eigenvalue weighted by Gasteiger charge is 2.12. The van der Waals surface area contributed by atoms with E-state index >= 15 is 0 Å². The van der Waals surface area contributed by atoms with E-state index in [1.165, 1.54) is 5.56 Å². The van der Waals surface area contributed by atoms with Crippen molar-refractivity contribution in [2.75, 3.05) is 0 Å². The number of nitrogens with zero attached hydrogens (tertiary/aromatic N) is 2. The Morgan fingerprint density at radius 1 is 1.17 bits per heavy atom. The summed E-state index contributed by atoms with van der Waals surface area (Å²) >= 11 is 1.55. The fourth-order valence-corrected chi connectivity index (χ4v) is 3.90. The van der Waals surface area contributed by atoms with E-state index in [0.29, 0.717) is 23.4 Å². The molecule has 0 unspecified atom stereocenters. The Kier molecular flexibility index (Phi) is 5.03. The zero-order valence-electron chi connectivity index (χ0n) is 13.1. The smallest absolute Gasteiger partial charge is 0.239 e. The maximum atomic E-state index is 12.3. The van der Waals surface area contributed by atoms with E-state index in [0.717, 1.165) is 10.4 Å². The van der Waals surface area contributed by atoms with E-state index in [4.69, 9.17) is 4.52 Å². The van der Waals surface area contributed by atoms with Crippen LogP contribution in [0.25, 0.3) is 10.7 Å². The van der Waals surface area contributed by atoms with Crippen LogP contribution >= 0.6 is 11.3 Å². The number of thiophene rings is 1. The Labute approximate surface area is 142 Å². The number of aromatic nitrogens is 2. The first-order valence-corrected chi connectivity index (χ1v) is 9.79. The second-order valence-corrected chi connectivity index (χ2v) is 8.02. The lowest BCUT2D eigenvalue weighted by atomic mass is 10.0. The predicted molar refractivity (Wildman–Crippen MR) is 93.7 cm³/mol. The molecular formula is C17H18N2O2S2. The lowest BCUT2D eigenvalue weighted by molar-refractivity contribution is 0.391. The fourth-order valence-electron chi connectivity index (χ4n) is 2.19. The SMILES string of the molecule is CC(C)c1ccc(C[S@@](=O)Cc2nc(-c3cccs3)no2)cc1. The molecule has 1 aromatic carbocycles. The largest absolute Gasteiger partial charge is 0.338 e. The van der Waals surface area contributed by atoms with Crippen molar-refractivity contribution < 1.29 is 8.73 Å². The molecule has 0 bridgehead atoms. The molecule has 2 aromatic heterocycles. The van der Waals surface area contributed by atoms with Gasteiger partial charge in [-0.2, -0.15) is 4.98 Å². The molecule has 0 spiro atoms. The maximum absolute atomic E-state index is 12.3. The van der Waals surface area contributed by atoms with Gasteiger partial charge in [-0.05, 0) is 28.5 Å². The predicted octanol–water partition coefficient (Wildman–Crippen LogP) is 4.37. The van der Waals surface area contributed by atoms with Crippen LogP contribution in [-0.4, -0.2) is 14.3 Å². The van der Waals surface area contributed by atoms with Gasteiger partial charge in [0.1, 0.15) is 5.75 Å². The molecule has 2 heterocycles. The second kappa shape index (κ2) is 7.19. The first-order chi connectivity index (χ1) is 11.1. The summed E-state index contributed by atoms with van der Waals surface area (Å²) in [5.41, 5.74) is 2.35. The molecule has 23 heavy (non-hydrogen) atoms. The van der Waals surface area contributed by atoms with Crippen molar-refractivity contribution >= 4 is 22.1 Å². The molecule has 3 aromatic rings. The van der Waals surface area contributed by atoms with E-state index in [1.807, 2.05) is 29.6 Å². The molecule has 1 atom stereocenters. The Morgan fingerprint density at radius 2 is 1.96 bits per heavy atom. The minimum atomic E-state index is -1.07. The van der Waals surface area contributed by atoms with Crippen molar-refractivity contribution in [2.45, 2.75) is 31.3 Å². The van der Waals surface area contributed by atoms with Gasteiger partial charge < -0.3 is 4.52 Å². The molecule has 0 amide bonds. The third-order valence-electron chi connectivity index (χ3n) is 3.47. The topological polar surface area (TPSA) is 56.0 Å². The summed E-state index contributed by atoms with van der Waals surface area (Å²) in [6.07, 6.45) is 0. The number of hydrogen-bond donors (Lipinski definition) is 0. The van der Waals surface area contributed by atoms with E-state index in [2.05, 4.69) is 36.1 Å². The van der Waals surface area contributed by atoms with E-state index in [1.54, 1.807) is 11.3 Å². The first-order valence-electron chi connectivity index (χ1n) is 7.42. The van der Waals surface area contributed by atoms with Gasteiger partial charge in [0, 0.05) is 16.6 Å². The maximum Gasteiger partial charge on any atom is 0.239 e. The Hall–Kier alpha value is -1.79. The average Bonchev–Trinajstić information content (AvgIpc) is 3.18. The molecule has 0 aliphatic rings. The van der Waals surface area contributed by atoms with Gasteiger partial charge in [0.15, 0.2) is 0 Å². The van der Waals surface area contributed by atoms with Crippen LogP contribution in [-0.2, 0) is 22.3 Å². The first kappa shape index (κ1) is 16.1. The highest BCUT2D eigenvalue weighted by molar-refractivity contribution is 7.83. The van der Waals surface area contributed by atoms with Crippen LogP contribution in [0.4, 0.5) is 0 Å². The molecule has 0 aliphatic heterocycles. The molecule has 0 saturated heterocycles. The van der Waals surface area contributed by atoms with Gasteiger partial charge in [-0.25, -0.2) is 0 Å². The molecule has 0 radical (unpaired) electrons. The summed E-state index contributed by atoms with van der Waals surface area (Å²) in [5, 5.41) is 5.90. The van der Waals surface area contributed by atoms with Crippen molar-refractivity contribution in [3.8, 4) is 10.7 Å². The summed E-state index contributed by atoms with van der Waals surface area (Å²) in [6, 6.07) is 12.1. The van der Waals surface area contributed by atoms with Crippen LogP contribution in [0.5, 0.6) is 0 Å². The van der Waals surface area contributed by atoms with Crippen LogP contribution in [0, 0.1) is 0 Å². The van der Waals surface area contributed by atoms with E-state index in [-0.39, 0.29) is 5.75 Å². The van der Waals surface area contributed by atoms with Crippen LogP contribution in [0.15, 0.2) is 46.3 Å². The minimum Gasteiger partial charge on any atom is -0.338 e. The standard InChI is InChI=1S/C17H18N2O2S2/c1-12(2)14-7-5-13(6-8-14)10-23(20)11-16-18-17(19-21-16)15-4-3-9-22-15/h3-9,12H,10-11H2,1-2H3/t23-/m1/s1. The van der Waals surface area contributed by atoms with E-state index in [9.17, 15) is 4.21 Å². The summed E-state index contributed by atoms with van der Waals surface area (Å²) in [7, 11) is -1.07. The molecule has 6 heteroatoms. The van der Waals surface area contributed by atoms with Gasteiger partial charge in [0.25, 0.3) is 0 Å². The van der Waals surface area contributed by atoms with Crippen molar-refractivity contribution in [3.63, 3.8) is 0 Å². The number of hydrogen-bond acceptors (Lipinski definition) is 5. The Balaban J connectivity index is 1.61. The zero-order chi connectivity index (χ0) is 16.2. The number of rotatable bonds is 6. The summed E-state index contributed by atoms with van der Waals surface area (Å²) in [4.78, 5) is 5.26. The lowest BCUT2D eigenvalue weighted by Gasteiger charge is -2.06. The summed E-state index contributed by atoms with van der Waals surface area (Å²) in [5.74, 6) is 2.27. The number of benzene rings is 1. The molecule has 0 fully saturated rings. The third-order valence-corrected chi connectivity index (χ3v) is 5.56. The highest BCUT2D eigenvalue weighted by Crippen LogP contribution is 2.22. The molecule has 3 rings (SSSR count). The second-order valence-electron chi connectivity index (χ2n) is 5.61. The van der Waals surface area contributed by atoms with Gasteiger partial charge in [-0.1, -0.05) is 49.3 Å². The average molecular weight is 346 g/mol. The van der Waals surface area contributed by atoms with E-state index < -0.39 is 10.8 Å². The van der Waals surface area contributed by atoms with Gasteiger partial charge in [-0.3, -0.25) is 4.21 Å². The van der Waals surface area contributed by atoms with Crippen molar-refractivity contribution in [1.29, 1.82) is 0 Å². The molecule has 0 N–H and O–H groups in total. The van der Waals surface area contributed by atoms with Crippen molar-refractivity contribution in [1.82, 2.24) is 10.1 Å². The summed E-state index contributed by atoms with van der Waals surface area (Å²) in [6.45, 7) is 4.32. The normalized spacial score (nSPS) is 12.7. The van der Waals surface area contributed by atoms with Crippen LogP contribution in [0.2, 0.25) is 0 Å². The molecule has 120 valence electrons. The van der Waals surface area contributed by atoms with Crippen LogP contribution < -0.4 is 0 Å². The Morgan fingerprint density at radius 3 is 2.61 bits per heavy atom. The highest BCUT2D eigenvalue weighted by atomic mass is 32.2. The van der Waals surface area contributed by atoms with Crippen molar-refractivity contribution in [2.24, 2.45) is 0 Å². The Bertz CT molecular complexity index is 777. The quantitative estimate of drug-likeness (QED) is 0.665. The molecular weight excluding hydrogens is 328 g/mol.